The van der Waals surface area contributed by atoms with Crippen LogP contribution >= 0.6 is 0 Å². The number of nitrogens with two attached hydrogens (primary N) is 1. The van der Waals surface area contributed by atoms with Crippen molar-refractivity contribution >= 4 is 17.9 Å². The number of hydrogen-bond donors (Lipinski definition) is 3. The van der Waals surface area contributed by atoms with E-state index in [9.17, 15) is 19.5 Å². The Bertz CT molecular complexity index is 461. The lowest BCUT2D eigenvalue weighted by Gasteiger charge is -2.28. The predicted octanol–water partition coefficient (Wildman–Crippen LogP) is 0.127. The van der Waals surface area contributed by atoms with Crippen molar-refractivity contribution in [3.05, 3.63) is 0 Å². The maximum Gasteiger partial charge on any atom is 0.408 e. The molecule has 1 saturated heterocycles. The molecule has 0 saturated carbocycles. The Morgan fingerprint density at radius 2 is 2.00 bits per heavy atom. The van der Waals surface area contributed by atoms with Gasteiger partial charge in [-0.25, -0.2) is 4.79 Å². The highest BCUT2D eigenvalue weighted by atomic mass is 16.6. The first-order valence-electron chi connectivity index (χ1n) is 7.82. The average molecular weight is 329 g/mol. The summed E-state index contributed by atoms with van der Waals surface area (Å²) in [7, 11) is 0. The monoisotopic (exact) mass is 329 g/mol. The normalized spacial score (nSPS) is 22.6. The molecule has 8 nitrogen and oxygen atoms in total. The van der Waals surface area contributed by atoms with Crippen LogP contribution in [0.2, 0.25) is 0 Å². The molecule has 0 aliphatic carbocycles. The number of amides is 3. The number of nitrogens with zero attached hydrogens (tertiary/aromatic N) is 1. The number of carbonyl (C=O) groups excluding carboxylic acids is 3. The molecule has 0 unspecified atom stereocenters. The Kier molecular flexibility index (Phi) is 6.37. The van der Waals surface area contributed by atoms with Crippen LogP contribution in [0, 0.1) is 0 Å². The van der Waals surface area contributed by atoms with Gasteiger partial charge in [-0.15, -0.1) is 0 Å². The average Bonchev–Trinajstić information content (AvgIpc) is 2.77. The van der Waals surface area contributed by atoms with Crippen LogP contribution in [0.4, 0.5) is 4.79 Å². The predicted molar refractivity (Wildman–Crippen MR) is 83.4 cm³/mol. The summed E-state index contributed by atoms with van der Waals surface area (Å²) in [5.74, 6) is -1.10. The summed E-state index contributed by atoms with van der Waals surface area (Å²) < 4.78 is 5.16. The maximum absolute atomic E-state index is 12.6. The fourth-order valence-corrected chi connectivity index (χ4v) is 2.52. The zero-order valence-electron chi connectivity index (χ0n) is 14.2. The zero-order chi connectivity index (χ0) is 17.8. The largest absolute Gasteiger partial charge is 0.444 e. The van der Waals surface area contributed by atoms with Gasteiger partial charge in [0.05, 0.1) is 6.10 Å². The Morgan fingerprint density at radius 1 is 1.39 bits per heavy atom. The lowest BCUT2D eigenvalue weighted by molar-refractivity contribution is -0.139. The number of carbonyl (C=O) groups is 3. The first-order valence-corrected chi connectivity index (χ1v) is 7.82. The van der Waals surface area contributed by atoms with E-state index >= 15 is 0 Å². The third-order valence-electron chi connectivity index (χ3n) is 3.46. The van der Waals surface area contributed by atoms with Gasteiger partial charge in [0, 0.05) is 13.0 Å². The molecule has 0 radical (unpaired) electrons. The summed E-state index contributed by atoms with van der Waals surface area (Å²) in [6.07, 6.45) is -0.313. The fraction of sp³-hybridized carbons (Fsp3) is 0.800. The SMILES string of the molecule is CCC[C@H](NC(=O)OC(C)(C)C)C(=O)N1C[C@H](O)C[C@H]1C(N)=O. The number of primary amides is 1. The van der Waals surface area contributed by atoms with Crippen molar-refractivity contribution in [3.63, 3.8) is 0 Å². The maximum atomic E-state index is 12.6. The number of ether oxygens (including phenoxy) is 1. The van der Waals surface area contributed by atoms with Crippen molar-refractivity contribution in [2.24, 2.45) is 5.73 Å². The van der Waals surface area contributed by atoms with Gasteiger partial charge in [0.15, 0.2) is 0 Å². The molecular weight excluding hydrogens is 302 g/mol. The minimum atomic E-state index is -0.850. The number of aliphatic hydroxyl groups is 1. The van der Waals surface area contributed by atoms with Gasteiger partial charge in [-0.2, -0.15) is 0 Å². The molecule has 4 N–H and O–H groups in total. The first kappa shape index (κ1) is 19.2. The van der Waals surface area contributed by atoms with Gasteiger partial charge in [-0.05, 0) is 27.2 Å². The van der Waals surface area contributed by atoms with E-state index in [1.54, 1.807) is 20.8 Å². The molecule has 1 rings (SSSR count). The summed E-state index contributed by atoms with van der Waals surface area (Å²) in [6.45, 7) is 7.08. The molecule has 0 aromatic carbocycles. The van der Waals surface area contributed by atoms with E-state index in [1.807, 2.05) is 6.92 Å². The summed E-state index contributed by atoms with van der Waals surface area (Å²) >= 11 is 0. The van der Waals surface area contributed by atoms with Gasteiger partial charge in [0.25, 0.3) is 0 Å². The molecule has 3 atom stereocenters. The lowest BCUT2D eigenvalue weighted by Crippen LogP contribution is -2.53. The van der Waals surface area contributed by atoms with Crippen molar-refractivity contribution in [1.29, 1.82) is 0 Å². The second-order valence-electron chi connectivity index (χ2n) is 6.79. The molecule has 1 heterocycles. The van der Waals surface area contributed by atoms with Gasteiger partial charge in [0.2, 0.25) is 11.8 Å². The minimum absolute atomic E-state index is 0.0304. The van der Waals surface area contributed by atoms with Crippen LogP contribution in [0.3, 0.4) is 0 Å². The minimum Gasteiger partial charge on any atom is -0.444 e. The highest BCUT2D eigenvalue weighted by Crippen LogP contribution is 2.20. The molecule has 0 spiro atoms. The van der Waals surface area contributed by atoms with E-state index in [4.69, 9.17) is 10.5 Å². The van der Waals surface area contributed by atoms with E-state index < -0.39 is 41.7 Å². The van der Waals surface area contributed by atoms with Crippen LogP contribution in [-0.2, 0) is 14.3 Å². The fourth-order valence-electron chi connectivity index (χ4n) is 2.52. The van der Waals surface area contributed by atoms with Gasteiger partial charge in [-0.3, -0.25) is 9.59 Å². The van der Waals surface area contributed by atoms with Crippen molar-refractivity contribution in [2.75, 3.05) is 6.54 Å². The van der Waals surface area contributed by atoms with Crippen LogP contribution < -0.4 is 11.1 Å². The van der Waals surface area contributed by atoms with Gasteiger partial charge >= 0.3 is 6.09 Å². The molecule has 1 aliphatic heterocycles. The van der Waals surface area contributed by atoms with Crippen LogP contribution in [-0.4, -0.2) is 58.2 Å². The highest BCUT2D eigenvalue weighted by Gasteiger charge is 2.40. The second-order valence-corrected chi connectivity index (χ2v) is 6.79. The molecule has 1 fully saturated rings. The summed E-state index contributed by atoms with van der Waals surface area (Å²) in [5.41, 5.74) is 4.61. The molecule has 8 heteroatoms. The Hall–Kier alpha value is -1.83. The lowest BCUT2D eigenvalue weighted by atomic mass is 10.1. The molecular formula is C15H27N3O5. The van der Waals surface area contributed by atoms with Crippen molar-refractivity contribution in [2.45, 2.75) is 70.7 Å². The zero-order valence-corrected chi connectivity index (χ0v) is 14.2. The highest BCUT2D eigenvalue weighted by molar-refractivity contribution is 5.91. The number of rotatable bonds is 5. The first-order chi connectivity index (χ1) is 10.5. The van der Waals surface area contributed by atoms with E-state index in [0.717, 1.165) is 0 Å². The Balaban J connectivity index is 2.81. The topological polar surface area (TPSA) is 122 Å². The molecule has 0 aromatic rings. The van der Waals surface area contributed by atoms with Crippen molar-refractivity contribution < 1.29 is 24.2 Å². The number of β-amino-alcohol motifs (C(OH)–C–C–N with tert-alkyl or cyclic N) is 1. The standard InChI is InChI=1S/C15H27N3O5/c1-5-6-10(17-14(22)23-15(2,3)4)13(21)18-8-9(19)7-11(18)12(16)20/h9-11,19H,5-8H2,1-4H3,(H2,16,20)(H,17,22)/t9-,10+,11+/m1/s1. The van der Waals surface area contributed by atoms with Crippen LogP contribution in [0.1, 0.15) is 47.0 Å². The number of likely N-dealkylation sites (tertiary alicyclic amines) is 1. The van der Waals surface area contributed by atoms with Gasteiger partial charge < -0.3 is 25.8 Å². The molecule has 0 aromatic heterocycles. The third kappa shape index (κ3) is 5.70. The summed E-state index contributed by atoms with van der Waals surface area (Å²) in [5, 5.41) is 12.2. The van der Waals surface area contributed by atoms with Crippen LogP contribution in [0.15, 0.2) is 0 Å². The third-order valence-corrected chi connectivity index (χ3v) is 3.46. The summed E-state index contributed by atoms with van der Waals surface area (Å²) in [6, 6.07) is -1.67. The summed E-state index contributed by atoms with van der Waals surface area (Å²) in [4.78, 5) is 37.2. The molecule has 0 bridgehead atoms. The number of nitrogens with one attached hydrogen (secondary N) is 1. The molecule has 23 heavy (non-hydrogen) atoms. The second kappa shape index (κ2) is 7.63. The smallest absolute Gasteiger partial charge is 0.408 e. The Morgan fingerprint density at radius 3 is 2.48 bits per heavy atom. The van der Waals surface area contributed by atoms with Crippen LogP contribution in [0.5, 0.6) is 0 Å². The van der Waals surface area contributed by atoms with E-state index in [1.165, 1.54) is 4.90 Å². The van der Waals surface area contributed by atoms with Crippen molar-refractivity contribution in [1.82, 2.24) is 10.2 Å². The van der Waals surface area contributed by atoms with Gasteiger partial charge in [0.1, 0.15) is 17.7 Å². The van der Waals surface area contributed by atoms with Crippen LogP contribution in [0.25, 0.3) is 0 Å². The molecule has 1 aliphatic rings. The van der Waals surface area contributed by atoms with E-state index in [2.05, 4.69) is 5.32 Å². The van der Waals surface area contributed by atoms with Crippen molar-refractivity contribution in [3.8, 4) is 0 Å². The number of hydrogen-bond acceptors (Lipinski definition) is 5. The van der Waals surface area contributed by atoms with E-state index in [0.29, 0.717) is 12.8 Å². The quantitative estimate of drug-likeness (QED) is 0.661. The number of alkyl carbamates (subject to hydrolysis) is 1. The molecule has 3 amide bonds. The Labute approximate surface area is 136 Å². The van der Waals surface area contributed by atoms with E-state index in [-0.39, 0.29) is 13.0 Å². The number of aliphatic hydroxyl groups excluding tert-OH is 1. The molecule has 132 valence electrons. The van der Waals surface area contributed by atoms with Gasteiger partial charge in [-0.1, -0.05) is 13.3 Å².